The minimum Gasteiger partial charge on any atom is -0.293 e. The molecule has 0 heterocycles. The third kappa shape index (κ3) is 3.79. The van der Waals surface area contributed by atoms with Crippen molar-refractivity contribution in [2.75, 3.05) is 16.6 Å². The van der Waals surface area contributed by atoms with E-state index in [1.807, 2.05) is 0 Å². The SMILES string of the molecule is CCS(=O)(=O)N(CC(=O)NN)c1cc(Cl)ccc1F. The third-order valence-electron chi connectivity index (χ3n) is 2.33. The lowest BCUT2D eigenvalue weighted by atomic mass is 10.3. The van der Waals surface area contributed by atoms with Crippen molar-refractivity contribution in [1.82, 2.24) is 5.43 Å². The molecule has 1 aromatic rings. The summed E-state index contributed by atoms with van der Waals surface area (Å²) in [5.41, 5.74) is 1.50. The molecule has 0 atom stereocenters. The van der Waals surface area contributed by atoms with E-state index in [9.17, 15) is 17.6 Å². The topological polar surface area (TPSA) is 92.5 Å². The van der Waals surface area contributed by atoms with E-state index in [1.54, 1.807) is 5.43 Å². The summed E-state index contributed by atoms with van der Waals surface area (Å²) < 4.78 is 38.2. The van der Waals surface area contributed by atoms with Crippen LogP contribution < -0.4 is 15.6 Å². The monoisotopic (exact) mass is 309 g/mol. The van der Waals surface area contributed by atoms with Crippen LogP contribution in [0, 0.1) is 5.82 Å². The van der Waals surface area contributed by atoms with E-state index >= 15 is 0 Å². The number of carbonyl (C=O) groups is 1. The summed E-state index contributed by atoms with van der Waals surface area (Å²) in [6.45, 7) is 0.759. The van der Waals surface area contributed by atoms with Crippen molar-refractivity contribution < 1.29 is 17.6 Å². The van der Waals surface area contributed by atoms with Crippen molar-refractivity contribution in [3.05, 3.63) is 29.0 Å². The Bertz CT molecular complexity index is 579. The zero-order valence-electron chi connectivity index (χ0n) is 10.1. The molecule has 106 valence electrons. The van der Waals surface area contributed by atoms with Gasteiger partial charge in [0.15, 0.2) is 0 Å². The van der Waals surface area contributed by atoms with E-state index in [-0.39, 0.29) is 16.5 Å². The van der Waals surface area contributed by atoms with Crippen LogP contribution in [0.15, 0.2) is 18.2 Å². The molecule has 0 unspecified atom stereocenters. The second kappa shape index (κ2) is 6.18. The number of nitrogens with zero attached hydrogens (tertiary/aromatic N) is 1. The Morgan fingerprint density at radius 2 is 2.16 bits per heavy atom. The first-order valence-electron chi connectivity index (χ1n) is 5.26. The highest BCUT2D eigenvalue weighted by Gasteiger charge is 2.25. The number of anilines is 1. The van der Waals surface area contributed by atoms with Crippen LogP contribution in [0.1, 0.15) is 6.92 Å². The fourth-order valence-corrected chi connectivity index (χ4v) is 2.57. The van der Waals surface area contributed by atoms with Gasteiger partial charge in [-0.2, -0.15) is 0 Å². The zero-order valence-corrected chi connectivity index (χ0v) is 11.6. The average molecular weight is 310 g/mol. The van der Waals surface area contributed by atoms with Gasteiger partial charge in [-0.05, 0) is 25.1 Å². The Hall–Kier alpha value is -1.38. The van der Waals surface area contributed by atoms with Crippen LogP contribution in [0.5, 0.6) is 0 Å². The number of nitrogens with two attached hydrogens (primary N) is 1. The fourth-order valence-electron chi connectivity index (χ4n) is 1.34. The van der Waals surface area contributed by atoms with Crippen molar-refractivity contribution in [1.29, 1.82) is 0 Å². The Labute approximate surface area is 115 Å². The number of amides is 1. The highest BCUT2D eigenvalue weighted by atomic mass is 35.5. The van der Waals surface area contributed by atoms with Crippen LogP contribution >= 0.6 is 11.6 Å². The maximum absolute atomic E-state index is 13.7. The largest absolute Gasteiger partial charge is 0.293 e. The van der Waals surface area contributed by atoms with E-state index in [0.29, 0.717) is 4.31 Å². The number of hydrazine groups is 1. The summed E-state index contributed by atoms with van der Waals surface area (Å²) in [6, 6.07) is 3.43. The van der Waals surface area contributed by atoms with Gasteiger partial charge in [0.2, 0.25) is 10.0 Å². The maximum Gasteiger partial charge on any atom is 0.254 e. The molecule has 0 radical (unpaired) electrons. The number of hydrogen-bond donors (Lipinski definition) is 2. The van der Waals surface area contributed by atoms with Gasteiger partial charge in [-0.3, -0.25) is 14.5 Å². The lowest BCUT2D eigenvalue weighted by Gasteiger charge is -2.23. The smallest absolute Gasteiger partial charge is 0.254 e. The first-order valence-corrected chi connectivity index (χ1v) is 7.25. The molecule has 3 N–H and O–H groups in total. The molecule has 9 heteroatoms. The van der Waals surface area contributed by atoms with Crippen LogP contribution in [0.2, 0.25) is 5.02 Å². The van der Waals surface area contributed by atoms with Crippen LogP contribution in [0.4, 0.5) is 10.1 Å². The third-order valence-corrected chi connectivity index (χ3v) is 4.29. The molecule has 0 bridgehead atoms. The summed E-state index contributed by atoms with van der Waals surface area (Å²) in [4.78, 5) is 11.3. The van der Waals surface area contributed by atoms with E-state index in [4.69, 9.17) is 17.4 Å². The standard InChI is InChI=1S/C10H13ClFN3O3S/c1-2-19(17,18)15(6-10(16)14-13)9-5-7(11)3-4-8(9)12/h3-5H,2,6,13H2,1H3,(H,14,16). The number of halogens is 2. The first kappa shape index (κ1) is 15.7. The van der Waals surface area contributed by atoms with Gasteiger partial charge in [0.25, 0.3) is 5.91 Å². The molecule has 0 aliphatic rings. The summed E-state index contributed by atoms with van der Waals surface area (Å²) >= 11 is 5.71. The van der Waals surface area contributed by atoms with Crippen molar-refractivity contribution in [3.63, 3.8) is 0 Å². The molecule has 0 fully saturated rings. The van der Waals surface area contributed by atoms with Gasteiger partial charge in [-0.25, -0.2) is 18.7 Å². The Morgan fingerprint density at radius 1 is 1.53 bits per heavy atom. The number of sulfonamides is 1. The van der Waals surface area contributed by atoms with E-state index in [1.165, 1.54) is 13.0 Å². The number of carbonyl (C=O) groups excluding carboxylic acids is 1. The number of benzene rings is 1. The van der Waals surface area contributed by atoms with Gasteiger partial charge in [-0.15, -0.1) is 0 Å². The molecular weight excluding hydrogens is 297 g/mol. The minimum atomic E-state index is -3.84. The molecule has 6 nitrogen and oxygen atoms in total. The van der Waals surface area contributed by atoms with E-state index in [0.717, 1.165) is 12.1 Å². The molecular formula is C10H13ClFN3O3S. The molecule has 0 aromatic heterocycles. The summed E-state index contributed by atoms with van der Waals surface area (Å²) in [5, 5.41) is 0.154. The zero-order chi connectivity index (χ0) is 14.6. The Kier molecular flexibility index (Phi) is 5.10. The molecule has 19 heavy (non-hydrogen) atoms. The van der Waals surface area contributed by atoms with Gasteiger partial charge in [0.05, 0.1) is 11.4 Å². The van der Waals surface area contributed by atoms with Gasteiger partial charge in [-0.1, -0.05) is 11.6 Å². The van der Waals surface area contributed by atoms with Crippen LogP contribution in [-0.4, -0.2) is 26.6 Å². The lowest BCUT2D eigenvalue weighted by molar-refractivity contribution is -0.119. The van der Waals surface area contributed by atoms with Crippen molar-refractivity contribution in [2.24, 2.45) is 5.84 Å². The number of rotatable bonds is 5. The van der Waals surface area contributed by atoms with E-state index < -0.39 is 28.3 Å². The molecule has 0 spiro atoms. The van der Waals surface area contributed by atoms with Gasteiger partial charge < -0.3 is 0 Å². The number of hydrogen-bond acceptors (Lipinski definition) is 4. The van der Waals surface area contributed by atoms with Gasteiger partial charge in [0, 0.05) is 5.02 Å². The van der Waals surface area contributed by atoms with Crippen LogP contribution in [0.25, 0.3) is 0 Å². The molecule has 0 saturated carbocycles. The molecule has 0 aliphatic heterocycles. The highest BCUT2D eigenvalue weighted by molar-refractivity contribution is 7.92. The molecule has 1 aromatic carbocycles. The van der Waals surface area contributed by atoms with Crippen molar-refractivity contribution in [2.45, 2.75) is 6.92 Å². The first-order chi connectivity index (χ1) is 8.81. The van der Waals surface area contributed by atoms with Crippen molar-refractivity contribution in [3.8, 4) is 0 Å². The summed E-state index contributed by atoms with van der Waals surface area (Å²) in [5.74, 6) is 3.05. The predicted molar refractivity (Wildman–Crippen MR) is 70.5 cm³/mol. The molecule has 1 rings (SSSR count). The summed E-state index contributed by atoms with van der Waals surface area (Å²) in [7, 11) is -3.84. The second-order valence-corrected chi connectivity index (χ2v) is 6.19. The Balaban J connectivity index is 3.31. The molecule has 0 aliphatic carbocycles. The van der Waals surface area contributed by atoms with Gasteiger partial charge >= 0.3 is 0 Å². The minimum absolute atomic E-state index is 0.154. The maximum atomic E-state index is 13.7. The Morgan fingerprint density at radius 3 is 2.68 bits per heavy atom. The molecule has 0 saturated heterocycles. The lowest BCUT2D eigenvalue weighted by Crippen LogP contribution is -2.44. The molecule has 1 amide bonds. The average Bonchev–Trinajstić information content (AvgIpc) is 2.38. The normalized spacial score (nSPS) is 11.2. The fraction of sp³-hybridized carbons (Fsp3) is 0.300. The van der Waals surface area contributed by atoms with Gasteiger partial charge in [0.1, 0.15) is 12.4 Å². The second-order valence-electron chi connectivity index (χ2n) is 3.57. The van der Waals surface area contributed by atoms with Crippen LogP contribution in [0.3, 0.4) is 0 Å². The van der Waals surface area contributed by atoms with Crippen molar-refractivity contribution >= 4 is 33.2 Å². The summed E-state index contributed by atoms with van der Waals surface area (Å²) in [6.07, 6.45) is 0. The predicted octanol–water partition coefficient (Wildman–Crippen LogP) is 0.625. The quantitative estimate of drug-likeness (QED) is 0.474. The number of nitrogens with one attached hydrogen (secondary N) is 1. The highest BCUT2D eigenvalue weighted by Crippen LogP contribution is 2.25. The van der Waals surface area contributed by atoms with E-state index in [2.05, 4.69) is 0 Å². The van der Waals surface area contributed by atoms with Crippen LogP contribution in [-0.2, 0) is 14.8 Å².